The lowest BCUT2D eigenvalue weighted by Gasteiger charge is -2.22. The van der Waals surface area contributed by atoms with E-state index in [9.17, 15) is 18.0 Å². The number of fused-ring (bicyclic) bond motifs is 1. The summed E-state index contributed by atoms with van der Waals surface area (Å²) in [6.07, 6.45) is 6.82. The third-order valence-electron chi connectivity index (χ3n) is 6.40. The zero-order valence-electron chi connectivity index (χ0n) is 20.3. The van der Waals surface area contributed by atoms with Gasteiger partial charge in [0.05, 0.1) is 22.0 Å². The minimum atomic E-state index is -3.92. The van der Waals surface area contributed by atoms with Crippen LogP contribution in [0, 0.1) is 0 Å². The minimum Gasteiger partial charge on any atom is -0.455 e. The molecule has 4 aromatic rings. The van der Waals surface area contributed by atoms with Crippen molar-refractivity contribution in [1.82, 2.24) is 14.4 Å². The number of carbonyl (C=O) groups is 1. The maximum atomic E-state index is 13.3. The Morgan fingerprint density at radius 2 is 1.78 bits per heavy atom. The summed E-state index contributed by atoms with van der Waals surface area (Å²) in [7, 11) is -3.92. The molecule has 1 saturated carbocycles. The number of aromatic nitrogens is 2. The lowest BCUT2D eigenvalue weighted by Crippen LogP contribution is -2.28. The Hall–Kier alpha value is -4.05. The highest BCUT2D eigenvalue weighted by molar-refractivity contribution is 7.90. The van der Waals surface area contributed by atoms with Gasteiger partial charge in [-0.2, -0.15) is 9.78 Å². The molecule has 0 aliphatic heterocycles. The van der Waals surface area contributed by atoms with Crippen molar-refractivity contribution in [3.63, 3.8) is 0 Å². The topological polar surface area (TPSA) is 124 Å². The number of amides is 1. The molecule has 0 atom stereocenters. The summed E-state index contributed by atoms with van der Waals surface area (Å²) in [6.45, 7) is 1.14. The van der Waals surface area contributed by atoms with Crippen LogP contribution in [0.15, 0.2) is 79.9 Å². The number of furan rings is 1. The summed E-state index contributed by atoms with van der Waals surface area (Å²) < 4.78 is 33.5. The Labute approximate surface area is 213 Å². The molecule has 2 aromatic heterocycles. The van der Waals surface area contributed by atoms with E-state index in [1.165, 1.54) is 29.4 Å². The van der Waals surface area contributed by atoms with Crippen molar-refractivity contribution in [3.8, 4) is 11.3 Å². The number of nitrogens with zero attached hydrogens (tertiary/aromatic N) is 3. The zero-order chi connectivity index (χ0) is 26.0. The number of hydrogen-bond donors (Lipinski definition) is 1. The third kappa shape index (κ3) is 5.24. The molecule has 0 unspecified atom stereocenters. The van der Waals surface area contributed by atoms with E-state index in [4.69, 9.17) is 9.40 Å². The molecule has 1 fully saturated rings. The fourth-order valence-corrected chi connectivity index (χ4v) is 5.61. The van der Waals surface area contributed by atoms with Crippen molar-refractivity contribution in [1.29, 1.82) is 0 Å². The Morgan fingerprint density at radius 1 is 1.05 bits per heavy atom. The van der Waals surface area contributed by atoms with Gasteiger partial charge in [0.1, 0.15) is 17.3 Å². The predicted octanol–water partition coefficient (Wildman–Crippen LogP) is 4.41. The van der Waals surface area contributed by atoms with Gasteiger partial charge in [-0.05, 0) is 61.4 Å². The largest absolute Gasteiger partial charge is 0.455 e. The molecule has 9 nitrogen and oxygen atoms in total. The lowest BCUT2D eigenvalue weighted by atomic mass is 9.88. The first-order chi connectivity index (χ1) is 17.8. The number of rotatable bonds is 6. The van der Waals surface area contributed by atoms with Crippen molar-refractivity contribution in [2.75, 3.05) is 0 Å². The van der Waals surface area contributed by atoms with Crippen LogP contribution < -0.4 is 10.3 Å². The fourth-order valence-electron chi connectivity index (χ4n) is 4.62. The zero-order valence-corrected chi connectivity index (χ0v) is 21.1. The molecule has 1 aliphatic carbocycles. The molecule has 1 N–H and O–H groups in total. The Bertz CT molecular complexity index is 1650. The number of benzene rings is 2. The molecule has 5 rings (SSSR count). The van der Waals surface area contributed by atoms with Gasteiger partial charge >= 0.3 is 0 Å². The van der Waals surface area contributed by atoms with Crippen molar-refractivity contribution in [2.24, 2.45) is 5.10 Å². The van der Waals surface area contributed by atoms with Gasteiger partial charge < -0.3 is 4.42 Å². The van der Waals surface area contributed by atoms with E-state index in [-0.39, 0.29) is 16.4 Å². The van der Waals surface area contributed by atoms with Crippen molar-refractivity contribution in [2.45, 2.75) is 49.8 Å². The van der Waals surface area contributed by atoms with Crippen LogP contribution in [-0.4, -0.2) is 30.2 Å². The van der Waals surface area contributed by atoms with Crippen LogP contribution in [-0.2, 0) is 14.8 Å². The van der Waals surface area contributed by atoms with Crippen molar-refractivity contribution < 1.29 is 17.6 Å². The van der Waals surface area contributed by atoms with Gasteiger partial charge in [-0.15, -0.1) is 0 Å². The van der Waals surface area contributed by atoms with Crippen LogP contribution in [0.1, 0.15) is 56.5 Å². The van der Waals surface area contributed by atoms with E-state index in [1.807, 2.05) is 22.9 Å². The fraction of sp³-hybridized carbons (Fsp3) is 0.259. The Morgan fingerprint density at radius 3 is 2.51 bits per heavy atom. The monoisotopic (exact) mass is 518 g/mol. The second kappa shape index (κ2) is 10.1. The van der Waals surface area contributed by atoms with Crippen LogP contribution in [0.4, 0.5) is 0 Å². The molecule has 10 heteroatoms. The van der Waals surface area contributed by atoms with E-state index >= 15 is 0 Å². The molecule has 2 heterocycles. The number of para-hydroxylation sites is 1. The van der Waals surface area contributed by atoms with Gasteiger partial charge in [0, 0.05) is 18.4 Å². The summed E-state index contributed by atoms with van der Waals surface area (Å²) in [5.41, 5.74) is 1.10. The highest BCUT2D eigenvalue weighted by Crippen LogP contribution is 2.32. The van der Waals surface area contributed by atoms with Crippen molar-refractivity contribution in [3.05, 3.63) is 82.6 Å². The highest BCUT2D eigenvalue weighted by atomic mass is 32.2. The summed E-state index contributed by atoms with van der Waals surface area (Å²) in [5.74, 6) is 1.11. The van der Waals surface area contributed by atoms with Gasteiger partial charge in [0.25, 0.3) is 15.6 Å². The normalized spacial score (nSPS) is 14.8. The van der Waals surface area contributed by atoms with Crippen LogP contribution >= 0.6 is 0 Å². The van der Waals surface area contributed by atoms with E-state index < -0.39 is 15.9 Å². The first kappa shape index (κ1) is 24.6. The molecule has 2 aromatic carbocycles. The molecule has 1 amide bonds. The average molecular weight is 519 g/mol. The van der Waals surface area contributed by atoms with Crippen LogP contribution in [0.2, 0.25) is 0 Å². The number of hydrogen-bond acceptors (Lipinski definition) is 7. The lowest BCUT2D eigenvalue weighted by molar-refractivity contribution is -0.117. The first-order valence-electron chi connectivity index (χ1n) is 12.1. The SMILES string of the molecule is CC(=O)NS(=O)(=O)c1ccc(-c2ccc(C=Nn3c(C4CCCCC4)nc4ccccc4c3=O)o2)cc1. The van der Waals surface area contributed by atoms with E-state index in [0.717, 1.165) is 32.6 Å². The van der Waals surface area contributed by atoms with Gasteiger partial charge in [-0.3, -0.25) is 9.59 Å². The quantitative estimate of drug-likeness (QED) is 0.377. The number of carbonyl (C=O) groups excluding carboxylic acids is 1. The predicted molar refractivity (Wildman–Crippen MR) is 140 cm³/mol. The van der Waals surface area contributed by atoms with Gasteiger partial charge in [-0.1, -0.05) is 31.4 Å². The smallest absolute Gasteiger partial charge is 0.282 e. The Kier molecular flexibility index (Phi) is 6.75. The molecule has 0 radical (unpaired) electrons. The summed E-state index contributed by atoms with van der Waals surface area (Å²) in [4.78, 5) is 29.2. The third-order valence-corrected chi connectivity index (χ3v) is 7.85. The minimum absolute atomic E-state index is 0.0294. The average Bonchev–Trinajstić information content (AvgIpc) is 3.37. The van der Waals surface area contributed by atoms with E-state index in [1.54, 1.807) is 30.3 Å². The maximum absolute atomic E-state index is 13.3. The second-order valence-electron chi connectivity index (χ2n) is 9.07. The van der Waals surface area contributed by atoms with Gasteiger partial charge in [0.2, 0.25) is 5.91 Å². The highest BCUT2D eigenvalue weighted by Gasteiger charge is 2.22. The summed E-state index contributed by atoms with van der Waals surface area (Å²) >= 11 is 0. The van der Waals surface area contributed by atoms with Gasteiger partial charge in [-0.25, -0.2) is 18.1 Å². The Balaban J connectivity index is 1.44. The molecule has 37 heavy (non-hydrogen) atoms. The summed E-state index contributed by atoms with van der Waals surface area (Å²) in [5, 5.41) is 4.99. The number of sulfonamides is 1. The number of nitrogens with one attached hydrogen (secondary N) is 1. The first-order valence-corrected chi connectivity index (χ1v) is 13.6. The standard InChI is InChI=1S/C27H26N4O5S/c1-18(32)30-37(34,35)22-14-11-19(12-15-22)25-16-13-21(36-25)17-28-31-26(20-7-3-2-4-8-20)29-24-10-6-5-9-23(24)27(31)33/h5-6,9-17,20H,2-4,7-8H2,1H3,(H,30,32). The van der Waals surface area contributed by atoms with E-state index in [2.05, 4.69) is 5.10 Å². The van der Waals surface area contributed by atoms with Crippen LogP contribution in [0.5, 0.6) is 0 Å². The molecular formula is C27H26N4O5S. The molecule has 0 spiro atoms. The summed E-state index contributed by atoms with van der Waals surface area (Å²) in [6, 6.07) is 16.7. The maximum Gasteiger partial charge on any atom is 0.282 e. The van der Waals surface area contributed by atoms with E-state index in [0.29, 0.717) is 33.8 Å². The van der Waals surface area contributed by atoms with Crippen molar-refractivity contribution >= 4 is 33.0 Å². The van der Waals surface area contributed by atoms with Crippen LogP contribution in [0.3, 0.4) is 0 Å². The molecule has 0 saturated heterocycles. The molecule has 190 valence electrons. The molecule has 0 bridgehead atoms. The molecule has 1 aliphatic rings. The van der Waals surface area contributed by atoms with Crippen LogP contribution in [0.25, 0.3) is 22.2 Å². The second-order valence-corrected chi connectivity index (χ2v) is 10.8. The van der Waals surface area contributed by atoms with Gasteiger partial charge in [0.15, 0.2) is 0 Å². The molecular weight excluding hydrogens is 492 g/mol.